The summed E-state index contributed by atoms with van der Waals surface area (Å²) in [4.78, 5) is 5.06. The molecule has 0 amide bonds. The molecule has 0 unspecified atom stereocenters. The number of para-hydroxylation sites is 2. The first-order valence-electron chi connectivity index (χ1n) is 9.51. The third-order valence-electron chi connectivity index (χ3n) is 5.35. The molecule has 1 aliphatic rings. The molecule has 134 valence electrons. The number of anilines is 1. The maximum absolute atomic E-state index is 5.06. The van der Waals surface area contributed by atoms with Crippen LogP contribution in [0.3, 0.4) is 0 Å². The molecule has 0 radical (unpaired) electrons. The molecule has 0 spiro atoms. The van der Waals surface area contributed by atoms with Crippen molar-refractivity contribution in [1.82, 2.24) is 0 Å². The minimum atomic E-state index is -0.477. The lowest BCUT2D eigenvalue weighted by Gasteiger charge is -2.34. The number of nitrogens with zero attached hydrogens (tertiary/aromatic N) is 1. The molecule has 1 aliphatic heterocycles. The van der Waals surface area contributed by atoms with Gasteiger partial charge in [0.15, 0.2) is 0 Å². The van der Waals surface area contributed by atoms with Gasteiger partial charge in [0.05, 0.1) is 5.69 Å². The fourth-order valence-corrected chi connectivity index (χ4v) is 4.13. The van der Waals surface area contributed by atoms with Gasteiger partial charge in [0.2, 0.25) is 0 Å². The van der Waals surface area contributed by atoms with Crippen molar-refractivity contribution in [3.8, 4) is 0 Å². The summed E-state index contributed by atoms with van der Waals surface area (Å²) in [6, 6.07) is 40.0. The number of nitrogens with one attached hydrogen (secondary N) is 1. The molecule has 2 heteroatoms. The van der Waals surface area contributed by atoms with Crippen LogP contribution in [0.15, 0.2) is 120 Å². The Morgan fingerprint density at radius 2 is 1.04 bits per heavy atom. The second-order valence-corrected chi connectivity index (χ2v) is 6.95. The van der Waals surface area contributed by atoms with E-state index in [1.165, 1.54) is 16.7 Å². The molecule has 4 aromatic rings. The SMILES string of the molecule is c1ccc(NC2=Nc3ccccc3C2(c2ccccc2)c2ccccc2)cc1. The van der Waals surface area contributed by atoms with Crippen LogP contribution >= 0.6 is 0 Å². The second kappa shape index (κ2) is 6.82. The van der Waals surface area contributed by atoms with Gasteiger partial charge in [-0.1, -0.05) is 97.1 Å². The first kappa shape index (κ1) is 16.5. The third-order valence-corrected chi connectivity index (χ3v) is 5.35. The zero-order chi connectivity index (χ0) is 18.8. The van der Waals surface area contributed by atoms with Crippen LogP contribution < -0.4 is 5.32 Å². The Morgan fingerprint density at radius 3 is 1.64 bits per heavy atom. The molecule has 0 fully saturated rings. The smallest absolute Gasteiger partial charge is 0.126 e. The molecule has 1 N–H and O–H groups in total. The fraction of sp³-hybridized carbons (Fsp3) is 0.0385. The highest BCUT2D eigenvalue weighted by atomic mass is 15.0. The Kier molecular flexibility index (Phi) is 4.02. The van der Waals surface area contributed by atoms with Crippen molar-refractivity contribution in [2.75, 3.05) is 5.32 Å². The van der Waals surface area contributed by atoms with Crippen molar-refractivity contribution >= 4 is 17.2 Å². The Bertz CT molecular complexity index is 1080. The van der Waals surface area contributed by atoms with E-state index in [-0.39, 0.29) is 0 Å². The van der Waals surface area contributed by atoms with Crippen LogP contribution in [-0.2, 0) is 5.41 Å². The molecule has 0 bridgehead atoms. The monoisotopic (exact) mass is 360 g/mol. The van der Waals surface area contributed by atoms with E-state index < -0.39 is 5.41 Å². The Balaban J connectivity index is 1.80. The summed E-state index contributed by atoms with van der Waals surface area (Å²) < 4.78 is 0. The standard InChI is InChI=1S/C26H20N2/c1-4-12-20(13-5-1)26(21-14-6-2-7-15-21)23-18-10-11-19-24(23)28-25(26)27-22-16-8-3-9-17-22/h1-19H,(H,27,28). The number of hydrogen-bond donors (Lipinski definition) is 1. The number of rotatable bonds is 3. The van der Waals surface area contributed by atoms with E-state index in [4.69, 9.17) is 4.99 Å². The lowest BCUT2D eigenvalue weighted by molar-refractivity contribution is 0.848. The largest absolute Gasteiger partial charge is 0.342 e. The van der Waals surface area contributed by atoms with Crippen LogP contribution in [0.1, 0.15) is 16.7 Å². The molecular weight excluding hydrogens is 340 g/mol. The average Bonchev–Trinajstić information content (AvgIpc) is 3.10. The first-order valence-corrected chi connectivity index (χ1v) is 9.51. The highest BCUT2D eigenvalue weighted by molar-refractivity contribution is 6.13. The predicted octanol–water partition coefficient (Wildman–Crippen LogP) is 6.18. The van der Waals surface area contributed by atoms with E-state index in [9.17, 15) is 0 Å². The normalized spacial score (nSPS) is 14.2. The van der Waals surface area contributed by atoms with E-state index in [0.29, 0.717) is 0 Å². The van der Waals surface area contributed by atoms with Crippen LogP contribution in [0.4, 0.5) is 11.4 Å². The fourth-order valence-electron chi connectivity index (χ4n) is 4.13. The van der Waals surface area contributed by atoms with Gasteiger partial charge in [-0.3, -0.25) is 0 Å². The van der Waals surface area contributed by atoms with Crippen LogP contribution in [-0.4, -0.2) is 5.84 Å². The van der Waals surface area contributed by atoms with E-state index in [0.717, 1.165) is 17.2 Å². The third kappa shape index (κ3) is 2.54. The van der Waals surface area contributed by atoms with Crippen molar-refractivity contribution in [2.24, 2.45) is 4.99 Å². The van der Waals surface area contributed by atoms with Gasteiger partial charge in [0.25, 0.3) is 0 Å². The zero-order valence-corrected chi connectivity index (χ0v) is 15.4. The number of benzene rings is 4. The summed E-state index contributed by atoms with van der Waals surface area (Å²) in [5.41, 5.74) is 5.17. The van der Waals surface area contributed by atoms with Crippen molar-refractivity contribution < 1.29 is 0 Å². The van der Waals surface area contributed by atoms with Gasteiger partial charge in [0.1, 0.15) is 11.3 Å². The van der Waals surface area contributed by atoms with Gasteiger partial charge < -0.3 is 5.32 Å². The van der Waals surface area contributed by atoms with Crippen molar-refractivity contribution in [2.45, 2.75) is 5.41 Å². The summed E-state index contributed by atoms with van der Waals surface area (Å²) in [5, 5.41) is 3.63. The number of aliphatic imine (C=N–C) groups is 1. The second-order valence-electron chi connectivity index (χ2n) is 6.95. The average molecular weight is 360 g/mol. The molecule has 0 saturated heterocycles. The minimum Gasteiger partial charge on any atom is -0.342 e. The van der Waals surface area contributed by atoms with Gasteiger partial charge in [-0.25, -0.2) is 4.99 Å². The van der Waals surface area contributed by atoms with Crippen LogP contribution in [0, 0.1) is 0 Å². The summed E-state index contributed by atoms with van der Waals surface area (Å²) in [6.45, 7) is 0. The highest BCUT2D eigenvalue weighted by Crippen LogP contribution is 2.49. The zero-order valence-electron chi connectivity index (χ0n) is 15.4. The van der Waals surface area contributed by atoms with Crippen LogP contribution in [0.5, 0.6) is 0 Å². The van der Waals surface area contributed by atoms with E-state index in [2.05, 4.69) is 102 Å². The van der Waals surface area contributed by atoms with E-state index in [1.807, 2.05) is 18.2 Å². The molecule has 0 atom stereocenters. The Hall–Kier alpha value is -3.65. The number of hydrogen-bond acceptors (Lipinski definition) is 2. The number of fused-ring (bicyclic) bond motifs is 1. The highest BCUT2D eigenvalue weighted by Gasteiger charge is 2.46. The van der Waals surface area contributed by atoms with Crippen molar-refractivity contribution in [1.29, 1.82) is 0 Å². The maximum atomic E-state index is 5.06. The molecule has 5 rings (SSSR count). The first-order chi connectivity index (χ1) is 13.9. The van der Waals surface area contributed by atoms with Gasteiger partial charge in [-0.15, -0.1) is 0 Å². The Morgan fingerprint density at radius 1 is 0.536 bits per heavy atom. The quantitative estimate of drug-likeness (QED) is 0.464. The maximum Gasteiger partial charge on any atom is 0.126 e. The summed E-state index contributed by atoms with van der Waals surface area (Å²) in [5.74, 6) is 0.928. The van der Waals surface area contributed by atoms with Crippen LogP contribution in [0.25, 0.3) is 0 Å². The van der Waals surface area contributed by atoms with Crippen molar-refractivity contribution in [3.63, 3.8) is 0 Å². The molecule has 28 heavy (non-hydrogen) atoms. The molecule has 4 aromatic carbocycles. The van der Waals surface area contributed by atoms with Gasteiger partial charge in [-0.05, 0) is 29.3 Å². The molecular formula is C26H20N2. The van der Waals surface area contributed by atoms with Crippen molar-refractivity contribution in [3.05, 3.63) is 132 Å². The summed E-state index contributed by atoms with van der Waals surface area (Å²) in [6.07, 6.45) is 0. The minimum absolute atomic E-state index is 0.477. The topological polar surface area (TPSA) is 24.4 Å². The van der Waals surface area contributed by atoms with Gasteiger partial charge in [-0.2, -0.15) is 0 Å². The Labute approximate surface area is 165 Å². The molecule has 1 heterocycles. The lowest BCUT2D eigenvalue weighted by Crippen LogP contribution is -2.40. The van der Waals surface area contributed by atoms with E-state index >= 15 is 0 Å². The van der Waals surface area contributed by atoms with E-state index in [1.54, 1.807) is 0 Å². The number of amidine groups is 1. The van der Waals surface area contributed by atoms with Gasteiger partial charge in [0, 0.05) is 11.3 Å². The van der Waals surface area contributed by atoms with Crippen LogP contribution in [0.2, 0.25) is 0 Å². The summed E-state index contributed by atoms with van der Waals surface area (Å²) >= 11 is 0. The molecule has 0 aromatic heterocycles. The lowest BCUT2D eigenvalue weighted by atomic mass is 9.69. The molecule has 2 nitrogen and oxygen atoms in total. The summed E-state index contributed by atoms with van der Waals surface area (Å²) in [7, 11) is 0. The molecule has 0 saturated carbocycles. The van der Waals surface area contributed by atoms with Gasteiger partial charge >= 0.3 is 0 Å². The molecule has 0 aliphatic carbocycles. The predicted molar refractivity (Wildman–Crippen MR) is 116 cm³/mol.